The lowest BCUT2D eigenvalue weighted by Gasteiger charge is -2.11. The van der Waals surface area contributed by atoms with E-state index in [2.05, 4.69) is 10.2 Å². The molecule has 0 amide bonds. The average Bonchev–Trinajstić information content (AvgIpc) is 3.12. The summed E-state index contributed by atoms with van der Waals surface area (Å²) in [6.45, 7) is 0. The van der Waals surface area contributed by atoms with Crippen LogP contribution in [0, 0.1) is 5.82 Å². The van der Waals surface area contributed by atoms with E-state index in [1.54, 1.807) is 18.2 Å². The molecule has 0 spiro atoms. The Balaban J connectivity index is 1.72. The highest BCUT2D eigenvalue weighted by atomic mass is 35.5. The Morgan fingerprint density at radius 2 is 1.64 bits per heavy atom. The maximum Gasteiger partial charge on any atom is 0.196 e. The van der Waals surface area contributed by atoms with Crippen LogP contribution in [0.25, 0.3) is 17.1 Å². The zero-order valence-electron chi connectivity index (χ0n) is 14.5. The Bertz CT molecular complexity index is 1100. The van der Waals surface area contributed by atoms with Gasteiger partial charge in [-0.2, -0.15) is 0 Å². The minimum absolute atomic E-state index is 0.291. The molecule has 0 radical (unpaired) electrons. The summed E-state index contributed by atoms with van der Waals surface area (Å²) in [4.78, 5) is 0. The van der Waals surface area contributed by atoms with Crippen LogP contribution >= 0.6 is 35.0 Å². The normalized spacial score (nSPS) is 11.0. The van der Waals surface area contributed by atoms with E-state index in [0.29, 0.717) is 26.8 Å². The Labute approximate surface area is 176 Å². The Kier molecular flexibility index (Phi) is 5.67. The lowest BCUT2D eigenvalue weighted by Crippen LogP contribution is -2.00. The van der Waals surface area contributed by atoms with E-state index >= 15 is 0 Å². The van der Waals surface area contributed by atoms with Crippen LogP contribution in [0.15, 0.2) is 78.0 Å². The van der Waals surface area contributed by atoms with Crippen molar-refractivity contribution < 1.29 is 4.39 Å². The van der Waals surface area contributed by atoms with E-state index in [1.165, 1.54) is 23.9 Å². The molecule has 1 heterocycles. The lowest BCUT2D eigenvalue weighted by atomic mass is 10.2. The Morgan fingerprint density at radius 3 is 2.36 bits per heavy atom. The van der Waals surface area contributed by atoms with Gasteiger partial charge in [-0.15, -0.1) is 10.2 Å². The number of halogens is 3. The van der Waals surface area contributed by atoms with Crippen LogP contribution in [0.4, 0.5) is 4.39 Å². The average molecular weight is 430 g/mol. The highest BCUT2D eigenvalue weighted by molar-refractivity contribution is 7.98. The summed E-state index contributed by atoms with van der Waals surface area (Å²) in [7, 11) is 0. The first kappa shape index (κ1) is 19.0. The van der Waals surface area contributed by atoms with Gasteiger partial charge in [0.15, 0.2) is 11.0 Å². The fourth-order valence-corrected chi connectivity index (χ4v) is 4.25. The number of benzene rings is 3. The SMILES string of the molecule is Fc1ccc(-n2c(SCc3ccc(Cl)cc3Cl)nnc2-c2ccccc2)cc1. The molecule has 0 bridgehead atoms. The molecule has 0 aliphatic carbocycles. The van der Waals surface area contributed by atoms with Gasteiger partial charge >= 0.3 is 0 Å². The van der Waals surface area contributed by atoms with Gasteiger partial charge in [-0.1, -0.05) is 71.4 Å². The van der Waals surface area contributed by atoms with Crippen molar-refractivity contribution in [2.45, 2.75) is 10.9 Å². The predicted molar refractivity (Wildman–Crippen MR) is 113 cm³/mol. The van der Waals surface area contributed by atoms with Crippen molar-refractivity contribution in [3.8, 4) is 17.1 Å². The summed E-state index contributed by atoms with van der Waals surface area (Å²) in [5.74, 6) is 1.00. The highest BCUT2D eigenvalue weighted by Crippen LogP contribution is 2.32. The summed E-state index contributed by atoms with van der Waals surface area (Å²) in [6, 6.07) is 21.5. The molecule has 0 atom stereocenters. The quantitative estimate of drug-likeness (QED) is 0.331. The monoisotopic (exact) mass is 429 g/mol. The van der Waals surface area contributed by atoms with Gasteiger partial charge in [0.1, 0.15) is 5.82 Å². The Morgan fingerprint density at radius 1 is 0.893 bits per heavy atom. The maximum absolute atomic E-state index is 13.4. The number of thioether (sulfide) groups is 1. The van der Waals surface area contributed by atoms with Crippen molar-refractivity contribution in [1.29, 1.82) is 0 Å². The van der Waals surface area contributed by atoms with Gasteiger partial charge < -0.3 is 0 Å². The summed E-state index contributed by atoms with van der Waals surface area (Å²) in [5.41, 5.74) is 2.66. The van der Waals surface area contributed by atoms with Gasteiger partial charge in [0, 0.05) is 27.0 Å². The number of aromatic nitrogens is 3. The number of nitrogens with zero attached hydrogens (tertiary/aromatic N) is 3. The standard InChI is InChI=1S/C21H14Cl2FN3S/c22-16-7-6-15(19(23)12-16)13-28-21-26-25-20(14-4-2-1-3-5-14)27(21)18-10-8-17(24)9-11-18/h1-12H,13H2. The first-order chi connectivity index (χ1) is 13.6. The fraction of sp³-hybridized carbons (Fsp3) is 0.0476. The largest absolute Gasteiger partial charge is 0.270 e. The summed E-state index contributed by atoms with van der Waals surface area (Å²) < 4.78 is 15.3. The van der Waals surface area contributed by atoms with Crippen molar-refractivity contribution in [2.24, 2.45) is 0 Å². The maximum atomic E-state index is 13.4. The third-order valence-corrected chi connectivity index (χ3v) is 5.69. The van der Waals surface area contributed by atoms with Gasteiger partial charge in [0.25, 0.3) is 0 Å². The summed E-state index contributed by atoms with van der Waals surface area (Å²) >= 11 is 13.8. The van der Waals surface area contributed by atoms with Gasteiger partial charge in [0.05, 0.1) is 0 Å². The zero-order chi connectivity index (χ0) is 19.5. The topological polar surface area (TPSA) is 30.7 Å². The van der Waals surface area contributed by atoms with Crippen molar-refractivity contribution >= 4 is 35.0 Å². The predicted octanol–water partition coefficient (Wildman–Crippen LogP) is 6.67. The molecule has 140 valence electrons. The molecular weight excluding hydrogens is 416 g/mol. The second-order valence-corrected chi connectivity index (χ2v) is 7.79. The fourth-order valence-electron chi connectivity index (χ4n) is 2.74. The summed E-state index contributed by atoms with van der Waals surface area (Å²) in [5, 5.41) is 10.6. The molecule has 0 saturated heterocycles. The van der Waals surface area contributed by atoms with Gasteiger partial charge in [-0.05, 0) is 42.0 Å². The van der Waals surface area contributed by atoms with Crippen LogP contribution in [-0.4, -0.2) is 14.8 Å². The molecule has 0 aliphatic rings. The molecule has 0 saturated carbocycles. The van der Waals surface area contributed by atoms with E-state index in [0.717, 1.165) is 16.8 Å². The van der Waals surface area contributed by atoms with Crippen molar-refractivity contribution in [2.75, 3.05) is 0 Å². The van der Waals surface area contributed by atoms with E-state index < -0.39 is 0 Å². The molecule has 4 aromatic rings. The van der Waals surface area contributed by atoms with Crippen LogP contribution in [0.3, 0.4) is 0 Å². The minimum atomic E-state index is -0.291. The van der Waals surface area contributed by atoms with Crippen LogP contribution in [0.1, 0.15) is 5.56 Å². The molecule has 7 heteroatoms. The molecular formula is C21H14Cl2FN3S. The molecule has 1 aromatic heterocycles. The first-order valence-corrected chi connectivity index (χ1v) is 10.2. The van der Waals surface area contributed by atoms with Gasteiger partial charge in [-0.3, -0.25) is 4.57 Å². The zero-order valence-corrected chi connectivity index (χ0v) is 16.8. The lowest BCUT2D eigenvalue weighted by molar-refractivity contribution is 0.627. The molecule has 3 aromatic carbocycles. The van der Waals surface area contributed by atoms with E-state index in [-0.39, 0.29) is 5.82 Å². The van der Waals surface area contributed by atoms with Crippen LogP contribution in [-0.2, 0) is 5.75 Å². The molecule has 0 N–H and O–H groups in total. The van der Waals surface area contributed by atoms with Crippen LogP contribution in [0.5, 0.6) is 0 Å². The second kappa shape index (κ2) is 8.35. The third-order valence-electron chi connectivity index (χ3n) is 4.12. The van der Waals surface area contributed by atoms with E-state index in [9.17, 15) is 4.39 Å². The van der Waals surface area contributed by atoms with Gasteiger partial charge in [0.2, 0.25) is 0 Å². The molecule has 4 rings (SSSR count). The van der Waals surface area contributed by atoms with E-state index in [4.69, 9.17) is 23.2 Å². The number of hydrogen-bond donors (Lipinski definition) is 0. The molecule has 0 aliphatic heterocycles. The van der Waals surface area contributed by atoms with Crippen molar-refractivity contribution in [3.63, 3.8) is 0 Å². The van der Waals surface area contributed by atoms with E-state index in [1.807, 2.05) is 47.0 Å². The molecule has 28 heavy (non-hydrogen) atoms. The highest BCUT2D eigenvalue weighted by Gasteiger charge is 2.16. The second-order valence-electron chi connectivity index (χ2n) is 6.01. The first-order valence-electron chi connectivity index (χ1n) is 8.45. The molecule has 3 nitrogen and oxygen atoms in total. The number of hydrogen-bond acceptors (Lipinski definition) is 3. The van der Waals surface area contributed by atoms with Crippen molar-refractivity contribution in [1.82, 2.24) is 14.8 Å². The van der Waals surface area contributed by atoms with Gasteiger partial charge in [-0.25, -0.2) is 4.39 Å². The minimum Gasteiger partial charge on any atom is -0.270 e. The van der Waals surface area contributed by atoms with Crippen LogP contribution < -0.4 is 0 Å². The van der Waals surface area contributed by atoms with Crippen molar-refractivity contribution in [3.05, 3.63) is 94.2 Å². The molecule has 0 unspecified atom stereocenters. The third kappa shape index (κ3) is 4.07. The van der Waals surface area contributed by atoms with Crippen LogP contribution in [0.2, 0.25) is 10.0 Å². The molecule has 0 fully saturated rings. The smallest absolute Gasteiger partial charge is 0.196 e. The summed E-state index contributed by atoms with van der Waals surface area (Å²) in [6.07, 6.45) is 0. The number of rotatable bonds is 5. The Hall–Kier alpha value is -2.34.